The van der Waals surface area contributed by atoms with E-state index in [1.807, 2.05) is 67.5 Å². The molecule has 3 aromatic carbocycles. The van der Waals surface area contributed by atoms with Gasteiger partial charge in [0.25, 0.3) is 5.91 Å². The molecule has 0 bridgehead atoms. The number of hydrogen-bond acceptors (Lipinski definition) is 5. The first-order chi connectivity index (χ1) is 16.3. The third kappa shape index (κ3) is 4.46. The van der Waals surface area contributed by atoms with Gasteiger partial charge in [-0.15, -0.1) is 0 Å². The van der Waals surface area contributed by atoms with Gasteiger partial charge in [-0.05, 0) is 54.1 Å². The van der Waals surface area contributed by atoms with E-state index in [4.69, 9.17) is 9.47 Å². The molecule has 1 saturated heterocycles. The highest BCUT2D eigenvalue weighted by atomic mass is 79.9. The molecule has 0 aliphatic carbocycles. The Morgan fingerprint density at radius 1 is 0.912 bits per heavy atom. The van der Waals surface area contributed by atoms with Crippen molar-refractivity contribution in [3.63, 3.8) is 0 Å². The van der Waals surface area contributed by atoms with Crippen molar-refractivity contribution in [3.05, 3.63) is 76.8 Å². The monoisotopic (exact) mass is 523 g/mol. The summed E-state index contributed by atoms with van der Waals surface area (Å²) >= 11 is 3.44. The molecule has 0 radical (unpaired) electrons. The smallest absolute Gasteiger partial charge is 0.255 e. The Hall–Kier alpha value is -3.52. The number of amides is 2. The average Bonchev–Trinajstić information content (AvgIpc) is 2.85. The number of benzene rings is 3. The van der Waals surface area contributed by atoms with E-state index in [0.717, 1.165) is 15.7 Å². The van der Waals surface area contributed by atoms with E-state index in [1.54, 1.807) is 30.2 Å². The summed E-state index contributed by atoms with van der Waals surface area (Å²) in [5.41, 5.74) is 2.87. The maximum atomic E-state index is 14.0. The molecule has 1 heterocycles. The van der Waals surface area contributed by atoms with Crippen molar-refractivity contribution in [1.82, 2.24) is 0 Å². The fourth-order valence-electron chi connectivity index (χ4n) is 4.04. The van der Waals surface area contributed by atoms with E-state index in [2.05, 4.69) is 15.9 Å². The minimum atomic E-state index is -0.838. The van der Waals surface area contributed by atoms with Crippen molar-refractivity contribution >= 4 is 44.8 Å². The Balaban J connectivity index is 1.83. The fraction of sp³-hybridized carbons (Fsp3) is 0.231. The third-order valence-electron chi connectivity index (χ3n) is 5.83. The topological polar surface area (TPSA) is 62.3 Å². The number of methoxy groups -OCH3 is 2. The van der Waals surface area contributed by atoms with Crippen LogP contribution in [0.1, 0.15) is 11.6 Å². The molecule has 1 aliphatic rings. The SMILES string of the molecule is COc1ccc(OC)c(N2CC(=O)N(c3ccc(Br)cc3)[C@@H](c3ccc(N(C)C)cc3)C2=O)c1. The molecule has 0 N–H and O–H groups in total. The van der Waals surface area contributed by atoms with E-state index in [9.17, 15) is 9.59 Å². The molecular weight excluding hydrogens is 498 g/mol. The van der Waals surface area contributed by atoms with E-state index in [1.165, 1.54) is 12.0 Å². The Morgan fingerprint density at radius 2 is 1.59 bits per heavy atom. The normalized spacial score (nSPS) is 16.0. The molecule has 4 rings (SSSR count). The minimum absolute atomic E-state index is 0.120. The van der Waals surface area contributed by atoms with Crippen LogP contribution in [-0.4, -0.2) is 46.7 Å². The van der Waals surface area contributed by atoms with E-state index < -0.39 is 6.04 Å². The third-order valence-corrected chi connectivity index (χ3v) is 6.36. The molecule has 34 heavy (non-hydrogen) atoms. The van der Waals surface area contributed by atoms with Crippen LogP contribution in [0.2, 0.25) is 0 Å². The van der Waals surface area contributed by atoms with E-state index in [0.29, 0.717) is 22.9 Å². The first-order valence-electron chi connectivity index (χ1n) is 10.7. The molecule has 0 unspecified atom stereocenters. The van der Waals surface area contributed by atoms with Gasteiger partial charge in [-0.1, -0.05) is 28.1 Å². The zero-order valence-corrected chi connectivity index (χ0v) is 21.1. The molecule has 0 spiro atoms. The van der Waals surface area contributed by atoms with Crippen molar-refractivity contribution in [1.29, 1.82) is 0 Å². The highest BCUT2D eigenvalue weighted by molar-refractivity contribution is 9.10. The first kappa shape index (κ1) is 23.6. The number of rotatable bonds is 6. The van der Waals surface area contributed by atoms with Gasteiger partial charge in [-0.3, -0.25) is 19.4 Å². The van der Waals surface area contributed by atoms with Crippen LogP contribution in [0.5, 0.6) is 11.5 Å². The molecule has 1 fully saturated rings. The molecule has 7 nitrogen and oxygen atoms in total. The van der Waals surface area contributed by atoms with Gasteiger partial charge in [-0.2, -0.15) is 0 Å². The predicted octanol–water partition coefficient (Wildman–Crippen LogP) is 4.65. The number of nitrogens with zero attached hydrogens (tertiary/aromatic N) is 3. The minimum Gasteiger partial charge on any atom is -0.497 e. The van der Waals surface area contributed by atoms with Crippen molar-refractivity contribution in [2.24, 2.45) is 0 Å². The van der Waals surface area contributed by atoms with Crippen LogP contribution >= 0.6 is 15.9 Å². The lowest BCUT2D eigenvalue weighted by Crippen LogP contribution is -2.56. The summed E-state index contributed by atoms with van der Waals surface area (Å²) in [7, 11) is 7.00. The molecule has 0 aromatic heterocycles. The number of carbonyl (C=O) groups is 2. The number of ether oxygens (including phenoxy) is 2. The summed E-state index contributed by atoms with van der Waals surface area (Å²) in [6, 6.07) is 19.4. The Morgan fingerprint density at radius 3 is 2.18 bits per heavy atom. The van der Waals surface area contributed by atoms with Crippen molar-refractivity contribution in [2.75, 3.05) is 49.6 Å². The van der Waals surface area contributed by atoms with Crippen LogP contribution in [-0.2, 0) is 9.59 Å². The van der Waals surface area contributed by atoms with Gasteiger partial charge >= 0.3 is 0 Å². The summed E-state index contributed by atoms with van der Waals surface area (Å²) in [6.45, 7) is -0.120. The Bertz CT molecular complexity index is 1200. The van der Waals surface area contributed by atoms with Gasteiger partial charge < -0.3 is 14.4 Å². The number of hydrogen-bond donors (Lipinski definition) is 0. The summed E-state index contributed by atoms with van der Waals surface area (Å²) < 4.78 is 11.8. The molecular formula is C26H26BrN3O4. The van der Waals surface area contributed by atoms with Crippen LogP contribution in [0.15, 0.2) is 71.2 Å². The molecule has 8 heteroatoms. The van der Waals surface area contributed by atoms with Crippen molar-refractivity contribution < 1.29 is 19.1 Å². The first-order valence-corrected chi connectivity index (χ1v) is 11.5. The summed E-state index contributed by atoms with van der Waals surface area (Å²) in [5.74, 6) is 0.624. The quantitative estimate of drug-likeness (QED) is 0.470. The van der Waals surface area contributed by atoms with Gasteiger partial charge in [0.2, 0.25) is 5.91 Å². The number of anilines is 3. The summed E-state index contributed by atoms with van der Waals surface area (Å²) in [6.07, 6.45) is 0. The standard InChI is InChI=1S/C26H26BrN3O4/c1-28(2)19-9-5-17(6-10-19)25-26(32)29(22-15-21(33-3)13-14-23(22)34-4)16-24(31)30(25)20-11-7-18(27)8-12-20/h5-15,25H,16H2,1-4H3/t25-/m0/s1. The van der Waals surface area contributed by atoms with Crippen LogP contribution in [0.4, 0.5) is 17.1 Å². The maximum absolute atomic E-state index is 14.0. The van der Waals surface area contributed by atoms with Crippen LogP contribution in [0.25, 0.3) is 0 Å². The van der Waals surface area contributed by atoms with Crippen molar-refractivity contribution in [2.45, 2.75) is 6.04 Å². The molecule has 0 saturated carbocycles. The highest BCUT2D eigenvalue weighted by Crippen LogP contribution is 2.39. The zero-order chi connectivity index (χ0) is 24.4. The lowest BCUT2D eigenvalue weighted by Gasteiger charge is -2.41. The van der Waals surface area contributed by atoms with Gasteiger partial charge in [0.15, 0.2) is 0 Å². The molecule has 176 valence electrons. The predicted molar refractivity (Wildman–Crippen MR) is 137 cm³/mol. The molecule has 1 aliphatic heterocycles. The zero-order valence-electron chi connectivity index (χ0n) is 19.5. The maximum Gasteiger partial charge on any atom is 0.255 e. The number of carbonyl (C=O) groups excluding carboxylic acids is 2. The van der Waals surface area contributed by atoms with Gasteiger partial charge in [-0.25, -0.2) is 0 Å². The van der Waals surface area contributed by atoms with Gasteiger partial charge in [0, 0.05) is 36.0 Å². The molecule has 3 aromatic rings. The largest absolute Gasteiger partial charge is 0.497 e. The average molecular weight is 524 g/mol. The fourth-order valence-corrected chi connectivity index (χ4v) is 4.31. The lowest BCUT2D eigenvalue weighted by atomic mass is 9.98. The summed E-state index contributed by atoms with van der Waals surface area (Å²) in [5, 5.41) is 0. The molecule has 2 amide bonds. The Labute approximate surface area is 207 Å². The van der Waals surface area contributed by atoms with Crippen LogP contribution in [0.3, 0.4) is 0 Å². The van der Waals surface area contributed by atoms with Gasteiger partial charge in [0.05, 0.1) is 19.9 Å². The second-order valence-electron chi connectivity index (χ2n) is 8.09. The van der Waals surface area contributed by atoms with Crippen LogP contribution in [0, 0.1) is 0 Å². The molecule has 1 atom stereocenters. The van der Waals surface area contributed by atoms with Crippen molar-refractivity contribution in [3.8, 4) is 11.5 Å². The van der Waals surface area contributed by atoms with E-state index in [-0.39, 0.29) is 18.4 Å². The van der Waals surface area contributed by atoms with Crippen LogP contribution < -0.4 is 24.2 Å². The van der Waals surface area contributed by atoms with E-state index >= 15 is 0 Å². The number of halogens is 1. The number of piperazine rings is 1. The second kappa shape index (κ2) is 9.77. The second-order valence-corrected chi connectivity index (χ2v) is 9.01. The highest BCUT2D eigenvalue weighted by Gasteiger charge is 2.42. The Kier molecular flexibility index (Phi) is 6.79. The van der Waals surface area contributed by atoms with Gasteiger partial charge in [0.1, 0.15) is 24.1 Å². The summed E-state index contributed by atoms with van der Waals surface area (Å²) in [4.78, 5) is 32.6. The lowest BCUT2D eigenvalue weighted by molar-refractivity contribution is -0.128.